The summed E-state index contributed by atoms with van der Waals surface area (Å²) in [6, 6.07) is 16.5. The molecule has 1 fully saturated rings. The number of carboxylic acid groups (broad SMARTS) is 3. The van der Waals surface area contributed by atoms with Gasteiger partial charge in [-0.05, 0) is 29.5 Å². The van der Waals surface area contributed by atoms with Gasteiger partial charge in [-0.2, -0.15) is 0 Å². The molecule has 268 valence electrons. The van der Waals surface area contributed by atoms with E-state index in [1.165, 1.54) is 0 Å². The van der Waals surface area contributed by atoms with Crippen LogP contribution in [0.15, 0.2) is 54.6 Å². The molecule has 1 heterocycles. The molecule has 2 aromatic rings. The molecule has 14 nitrogen and oxygen atoms in total. The number of hydrogen-bond donors (Lipinski definition) is 4. The second kappa shape index (κ2) is 21.1. The fourth-order valence-electron chi connectivity index (χ4n) is 5.56. The first-order chi connectivity index (χ1) is 23.5. The minimum absolute atomic E-state index is 0.00138. The van der Waals surface area contributed by atoms with Gasteiger partial charge in [0, 0.05) is 58.8 Å². The van der Waals surface area contributed by atoms with Crippen molar-refractivity contribution in [3.8, 4) is 0 Å². The lowest BCUT2D eigenvalue weighted by molar-refractivity contribution is -0.140. The molecule has 5 N–H and O–H groups in total. The molecule has 0 saturated carbocycles. The van der Waals surface area contributed by atoms with Crippen molar-refractivity contribution >= 4 is 29.5 Å². The van der Waals surface area contributed by atoms with Crippen molar-refractivity contribution in [1.82, 2.24) is 19.6 Å². The monoisotopic (exact) mass is 683 g/mol. The molecule has 2 aromatic carbocycles. The quantitative estimate of drug-likeness (QED) is 0.168. The molecule has 1 aliphatic rings. The summed E-state index contributed by atoms with van der Waals surface area (Å²) in [6.45, 7) is 2.48. The van der Waals surface area contributed by atoms with Gasteiger partial charge in [-0.25, -0.2) is 0 Å². The van der Waals surface area contributed by atoms with Crippen LogP contribution in [-0.2, 0) is 48.2 Å². The van der Waals surface area contributed by atoms with Gasteiger partial charge in [0.15, 0.2) is 5.78 Å². The highest BCUT2D eigenvalue weighted by molar-refractivity contribution is 5.85. The van der Waals surface area contributed by atoms with Crippen molar-refractivity contribution in [2.75, 3.05) is 85.1 Å². The van der Waals surface area contributed by atoms with E-state index in [1.807, 2.05) is 59.5 Å². The Morgan fingerprint density at radius 1 is 0.612 bits per heavy atom. The zero-order valence-corrected chi connectivity index (χ0v) is 28.0. The fraction of sp³-hybridized carbons (Fsp3) is 0.514. The van der Waals surface area contributed by atoms with Gasteiger partial charge in [0.2, 0.25) is 0 Å². The zero-order chi connectivity index (χ0) is 35.6. The van der Waals surface area contributed by atoms with Crippen molar-refractivity contribution in [1.29, 1.82) is 0 Å². The highest BCUT2D eigenvalue weighted by Gasteiger charge is 2.21. The van der Waals surface area contributed by atoms with E-state index in [0.717, 1.165) is 16.7 Å². The molecule has 1 aliphatic heterocycles. The second-order valence-electron chi connectivity index (χ2n) is 12.4. The first-order valence-electron chi connectivity index (χ1n) is 16.5. The van der Waals surface area contributed by atoms with Crippen molar-refractivity contribution in [2.24, 2.45) is 5.73 Å². The second-order valence-corrected chi connectivity index (χ2v) is 12.4. The molecule has 0 bridgehead atoms. The third kappa shape index (κ3) is 16.3. The van der Waals surface area contributed by atoms with Crippen LogP contribution in [-0.4, -0.2) is 156 Å². The Kier molecular flexibility index (Phi) is 17.0. The Morgan fingerprint density at radius 3 is 1.49 bits per heavy atom. The summed E-state index contributed by atoms with van der Waals surface area (Å²) in [5, 5.41) is 28.1. The number of ketones is 2. The summed E-state index contributed by atoms with van der Waals surface area (Å²) in [5.41, 5.74) is 8.98. The van der Waals surface area contributed by atoms with Crippen LogP contribution in [0.25, 0.3) is 0 Å². The lowest BCUT2D eigenvalue weighted by Gasteiger charge is -2.32. The molecule has 0 unspecified atom stereocenters. The maximum atomic E-state index is 13.1. The van der Waals surface area contributed by atoms with E-state index in [9.17, 15) is 39.3 Å². The van der Waals surface area contributed by atoms with Crippen LogP contribution in [0, 0.1) is 0 Å². The van der Waals surface area contributed by atoms with Crippen molar-refractivity contribution in [2.45, 2.75) is 31.9 Å². The number of nitrogens with two attached hydrogens (primary N) is 1. The Balaban J connectivity index is 1.51. The Bertz CT molecular complexity index is 1330. The van der Waals surface area contributed by atoms with E-state index in [2.05, 4.69) is 0 Å². The molecule has 49 heavy (non-hydrogen) atoms. The molecule has 0 amide bonds. The standard InChI is InChI=1S/C35H49N5O9/c36-31(32(42)26-49-25-29-4-2-1-3-5-29)20-28-8-6-27(7-9-28)10-11-30(41)21-37-12-14-38(22-33(43)44)16-18-40(24-35(47)48)19-17-39(15-13-37)23-34(45)46/h1-9,31H,10-26,36H2,(H,43,44)(H,45,46)(H,47,48)/t31-/m1/s1. The van der Waals surface area contributed by atoms with Crippen LogP contribution < -0.4 is 5.73 Å². The van der Waals surface area contributed by atoms with Crippen molar-refractivity contribution in [3.63, 3.8) is 0 Å². The largest absolute Gasteiger partial charge is 0.480 e. The molecule has 0 radical (unpaired) electrons. The predicted octanol–water partition coefficient (Wildman–Crippen LogP) is 0.319. The molecular weight excluding hydrogens is 634 g/mol. The van der Waals surface area contributed by atoms with E-state index in [-0.39, 0.29) is 50.8 Å². The van der Waals surface area contributed by atoms with Crippen LogP contribution in [0.5, 0.6) is 0 Å². The number of aryl methyl sites for hydroxylation is 1. The third-order valence-corrected chi connectivity index (χ3v) is 8.35. The molecule has 3 rings (SSSR count). The predicted molar refractivity (Wildman–Crippen MR) is 181 cm³/mol. The normalized spacial score (nSPS) is 16.7. The van der Waals surface area contributed by atoms with Crippen LogP contribution in [0.1, 0.15) is 23.1 Å². The maximum absolute atomic E-state index is 13.1. The highest BCUT2D eigenvalue weighted by atomic mass is 16.5. The summed E-state index contributed by atoms with van der Waals surface area (Å²) in [6.07, 6.45) is 1.17. The first kappa shape index (κ1) is 39.4. The smallest absolute Gasteiger partial charge is 0.317 e. The molecule has 14 heteroatoms. The maximum Gasteiger partial charge on any atom is 0.317 e. The van der Waals surface area contributed by atoms with Gasteiger partial charge in [-0.1, -0.05) is 54.6 Å². The molecular formula is C35H49N5O9. The Morgan fingerprint density at radius 2 is 1.04 bits per heavy atom. The van der Waals surface area contributed by atoms with Gasteiger partial charge in [0.05, 0.1) is 38.8 Å². The zero-order valence-electron chi connectivity index (χ0n) is 28.0. The summed E-state index contributed by atoms with van der Waals surface area (Å²) in [7, 11) is 0. The number of benzene rings is 2. The van der Waals surface area contributed by atoms with Crippen LogP contribution in [0.4, 0.5) is 0 Å². The Labute approximate surface area is 287 Å². The molecule has 0 spiro atoms. The molecule has 1 atom stereocenters. The summed E-state index contributed by atoms with van der Waals surface area (Å²) >= 11 is 0. The molecule has 0 aromatic heterocycles. The van der Waals surface area contributed by atoms with Crippen molar-refractivity contribution in [3.05, 3.63) is 71.3 Å². The number of Topliss-reactive ketones (excluding diaryl/α,β-unsaturated/α-hetero) is 2. The topological polar surface area (TPSA) is 194 Å². The Hall–Kier alpha value is -4.05. The van der Waals surface area contributed by atoms with Crippen molar-refractivity contribution < 1.29 is 44.0 Å². The number of carboxylic acids is 3. The third-order valence-electron chi connectivity index (χ3n) is 8.35. The van der Waals surface area contributed by atoms with Gasteiger partial charge in [-0.3, -0.25) is 43.6 Å². The van der Waals surface area contributed by atoms with E-state index in [0.29, 0.717) is 71.8 Å². The number of hydrogen-bond acceptors (Lipinski definition) is 11. The number of ether oxygens (including phenoxy) is 1. The minimum atomic E-state index is -1.01. The number of aliphatic carboxylic acids is 3. The van der Waals surface area contributed by atoms with Gasteiger partial charge < -0.3 is 25.8 Å². The summed E-state index contributed by atoms with van der Waals surface area (Å²) < 4.78 is 5.52. The molecule has 1 saturated heterocycles. The number of rotatable bonds is 18. The van der Waals surface area contributed by atoms with Gasteiger partial charge in [0.1, 0.15) is 12.4 Å². The lowest BCUT2D eigenvalue weighted by atomic mass is 10.0. The average Bonchev–Trinajstić information content (AvgIpc) is 3.05. The van der Waals surface area contributed by atoms with E-state index >= 15 is 0 Å². The van der Waals surface area contributed by atoms with Crippen LogP contribution >= 0.6 is 0 Å². The van der Waals surface area contributed by atoms with Gasteiger partial charge in [0.25, 0.3) is 0 Å². The summed E-state index contributed by atoms with van der Waals surface area (Å²) in [4.78, 5) is 67.0. The number of carbonyl (C=O) groups excluding carboxylic acids is 2. The number of carbonyl (C=O) groups is 5. The van der Waals surface area contributed by atoms with E-state index in [1.54, 1.807) is 14.7 Å². The fourth-order valence-corrected chi connectivity index (χ4v) is 5.56. The average molecular weight is 684 g/mol. The number of nitrogens with zero attached hydrogens (tertiary/aromatic N) is 4. The van der Waals surface area contributed by atoms with E-state index in [4.69, 9.17) is 10.5 Å². The summed E-state index contributed by atoms with van der Waals surface area (Å²) in [5.74, 6) is -3.19. The molecule has 0 aliphatic carbocycles. The SMILES string of the molecule is N[C@H](Cc1ccc(CCC(=O)CN2CCN(CC(=O)O)CCN(CC(=O)O)CCN(CC(=O)O)CC2)cc1)C(=O)COCc1ccccc1. The minimum Gasteiger partial charge on any atom is -0.480 e. The van der Waals surface area contributed by atoms with Crippen LogP contribution in [0.3, 0.4) is 0 Å². The van der Waals surface area contributed by atoms with Crippen LogP contribution in [0.2, 0.25) is 0 Å². The van der Waals surface area contributed by atoms with Gasteiger partial charge >= 0.3 is 17.9 Å². The highest BCUT2D eigenvalue weighted by Crippen LogP contribution is 2.11. The lowest BCUT2D eigenvalue weighted by Crippen LogP contribution is -2.49. The van der Waals surface area contributed by atoms with E-state index < -0.39 is 23.9 Å². The van der Waals surface area contributed by atoms with Gasteiger partial charge in [-0.15, -0.1) is 0 Å². The first-order valence-corrected chi connectivity index (χ1v) is 16.5.